The number of aryl methyl sites for hydroxylation is 1. The molecule has 7 heteroatoms. The third-order valence-electron chi connectivity index (χ3n) is 4.21. The predicted octanol–water partition coefficient (Wildman–Crippen LogP) is 2.40. The first-order chi connectivity index (χ1) is 13.1. The van der Waals surface area contributed by atoms with Crippen molar-refractivity contribution in [2.24, 2.45) is 0 Å². The van der Waals surface area contributed by atoms with Gasteiger partial charge in [0.2, 0.25) is 12.7 Å². The molecule has 2 aromatic rings. The van der Waals surface area contributed by atoms with Gasteiger partial charge in [0.25, 0.3) is 5.91 Å². The van der Waals surface area contributed by atoms with Crippen molar-refractivity contribution in [3.8, 4) is 11.5 Å². The number of ether oxygens (including phenoxy) is 2. The number of Topliss-reactive ketones (excluding diaryl/α,β-unsaturated/α-hetero) is 1. The number of hydrogen-bond donors (Lipinski definition) is 2. The Morgan fingerprint density at radius 3 is 2.33 bits per heavy atom. The number of ketones is 1. The Labute approximate surface area is 156 Å². The van der Waals surface area contributed by atoms with Crippen molar-refractivity contribution in [2.75, 3.05) is 6.79 Å². The van der Waals surface area contributed by atoms with E-state index in [4.69, 9.17) is 9.47 Å². The molecule has 0 saturated carbocycles. The molecular formula is C20H20N2O5. The zero-order chi connectivity index (χ0) is 19.2. The molecule has 7 nitrogen and oxygen atoms in total. The molecule has 0 bridgehead atoms. The van der Waals surface area contributed by atoms with E-state index in [0.717, 1.165) is 12.0 Å². The summed E-state index contributed by atoms with van der Waals surface area (Å²) in [6.07, 6.45) is 0.951. The number of nitrogens with one attached hydrogen (secondary N) is 2. The summed E-state index contributed by atoms with van der Waals surface area (Å²) >= 11 is 0. The predicted molar refractivity (Wildman–Crippen MR) is 97.6 cm³/mol. The molecule has 1 aliphatic heterocycles. The third kappa shape index (κ3) is 4.63. The number of carbonyl (C=O) groups is 3. The fraction of sp³-hybridized carbons (Fsp3) is 0.250. The van der Waals surface area contributed by atoms with E-state index in [1.807, 2.05) is 19.1 Å². The highest BCUT2D eigenvalue weighted by Crippen LogP contribution is 2.32. The summed E-state index contributed by atoms with van der Waals surface area (Å²) < 4.78 is 10.4. The summed E-state index contributed by atoms with van der Waals surface area (Å²) in [5, 5.41) is 0. The van der Waals surface area contributed by atoms with E-state index in [9.17, 15) is 14.4 Å². The van der Waals surface area contributed by atoms with Crippen LogP contribution in [0.1, 0.15) is 46.0 Å². The van der Waals surface area contributed by atoms with Gasteiger partial charge in [-0.25, -0.2) is 0 Å². The SMILES string of the molecule is CCc1ccc(C(=O)CCC(=O)NNC(=O)c2ccc3c(c2)OCO3)cc1. The summed E-state index contributed by atoms with van der Waals surface area (Å²) in [5.74, 6) is 0.00962. The standard InChI is InChI=1S/C20H20N2O5/c1-2-13-3-5-14(6-4-13)16(23)8-10-19(24)21-22-20(25)15-7-9-17-18(11-15)27-12-26-17/h3-7,9,11H,2,8,10,12H2,1H3,(H,21,24)(H,22,25). The Hall–Kier alpha value is -3.35. The number of benzene rings is 2. The van der Waals surface area contributed by atoms with Crippen LogP contribution in [0.4, 0.5) is 0 Å². The average molecular weight is 368 g/mol. The van der Waals surface area contributed by atoms with Gasteiger partial charge in [-0.15, -0.1) is 0 Å². The Balaban J connectivity index is 1.45. The topological polar surface area (TPSA) is 93.7 Å². The van der Waals surface area contributed by atoms with Crippen LogP contribution in [0.3, 0.4) is 0 Å². The van der Waals surface area contributed by atoms with Gasteiger partial charge in [0.15, 0.2) is 17.3 Å². The maximum Gasteiger partial charge on any atom is 0.269 e. The van der Waals surface area contributed by atoms with Gasteiger partial charge in [0.1, 0.15) is 0 Å². The van der Waals surface area contributed by atoms with Crippen molar-refractivity contribution < 1.29 is 23.9 Å². The molecule has 1 aliphatic rings. The maximum atomic E-state index is 12.1. The van der Waals surface area contributed by atoms with Crippen molar-refractivity contribution in [3.63, 3.8) is 0 Å². The van der Waals surface area contributed by atoms with Crippen LogP contribution in [0, 0.1) is 0 Å². The van der Waals surface area contributed by atoms with Crippen LogP contribution in [0.15, 0.2) is 42.5 Å². The van der Waals surface area contributed by atoms with Crippen molar-refractivity contribution >= 4 is 17.6 Å². The summed E-state index contributed by atoms with van der Waals surface area (Å²) in [7, 11) is 0. The molecule has 0 aromatic heterocycles. The van der Waals surface area contributed by atoms with Crippen LogP contribution in [-0.4, -0.2) is 24.4 Å². The minimum Gasteiger partial charge on any atom is -0.454 e. The Bertz CT molecular complexity index is 861. The lowest BCUT2D eigenvalue weighted by Gasteiger charge is -2.08. The molecule has 0 radical (unpaired) electrons. The number of hydrazine groups is 1. The molecule has 140 valence electrons. The maximum absolute atomic E-state index is 12.1. The fourth-order valence-electron chi connectivity index (χ4n) is 2.60. The van der Waals surface area contributed by atoms with Gasteiger partial charge in [-0.2, -0.15) is 0 Å². The lowest BCUT2D eigenvalue weighted by atomic mass is 10.0. The summed E-state index contributed by atoms with van der Waals surface area (Å²) in [5.41, 5.74) is 6.68. The normalized spacial score (nSPS) is 11.7. The smallest absolute Gasteiger partial charge is 0.269 e. The minimum absolute atomic E-state index is 0.0181. The van der Waals surface area contributed by atoms with Gasteiger partial charge in [0, 0.05) is 24.0 Å². The van der Waals surface area contributed by atoms with Gasteiger partial charge in [-0.05, 0) is 30.2 Å². The molecular weight excluding hydrogens is 348 g/mol. The molecule has 2 aromatic carbocycles. The second-order valence-electron chi connectivity index (χ2n) is 6.04. The van der Waals surface area contributed by atoms with E-state index in [1.54, 1.807) is 24.3 Å². The molecule has 0 fully saturated rings. The van der Waals surface area contributed by atoms with Crippen LogP contribution >= 0.6 is 0 Å². The number of carbonyl (C=O) groups excluding carboxylic acids is 3. The second kappa shape index (κ2) is 8.35. The Morgan fingerprint density at radius 2 is 1.59 bits per heavy atom. The summed E-state index contributed by atoms with van der Waals surface area (Å²) in [4.78, 5) is 36.1. The van der Waals surface area contributed by atoms with Crippen LogP contribution in [-0.2, 0) is 11.2 Å². The molecule has 3 rings (SSSR count). The molecule has 1 heterocycles. The molecule has 0 aliphatic carbocycles. The highest BCUT2D eigenvalue weighted by molar-refractivity contribution is 5.99. The van der Waals surface area contributed by atoms with Gasteiger partial charge in [-0.3, -0.25) is 25.2 Å². The molecule has 0 atom stereocenters. The quantitative estimate of drug-likeness (QED) is 0.603. The van der Waals surface area contributed by atoms with E-state index in [1.165, 1.54) is 6.07 Å². The first-order valence-electron chi connectivity index (χ1n) is 8.68. The first kappa shape index (κ1) is 18.4. The van der Waals surface area contributed by atoms with Crippen molar-refractivity contribution in [3.05, 3.63) is 59.2 Å². The van der Waals surface area contributed by atoms with Gasteiger partial charge >= 0.3 is 0 Å². The highest BCUT2D eigenvalue weighted by atomic mass is 16.7. The number of hydrogen-bond acceptors (Lipinski definition) is 5. The lowest BCUT2D eigenvalue weighted by Crippen LogP contribution is -2.41. The molecule has 0 spiro atoms. The first-order valence-corrected chi connectivity index (χ1v) is 8.68. The zero-order valence-corrected chi connectivity index (χ0v) is 14.9. The van der Waals surface area contributed by atoms with E-state index in [-0.39, 0.29) is 25.4 Å². The van der Waals surface area contributed by atoms with Crippen molar-refractivity contribution in [1.29, 1.82) is 0 Å². The fourth-order valence-corrected chi connectivity index (χ4v) is 2.60. The second-order valence-corrected chi connectivity index (χ2v) is 6.04. The Morgan fingerprint density at radius 1 is 0.889 bits per heavy atom. The van der Waals surface area contributed by atoms with Gasteiger partial charge in [-0.1, -0.05) is 31.2 Å². The van der Waals surface area contributed by atoms with Gasteiger partial charge < -0.3 is 9.47 Å². The van der Waals surface area contributed by atoms with Crippen LogP contribution < -0.4 is 20.3 Å². The average Bonchev–Trinajstić information content (AvgIpc) is 3.18. The van der Waals surface area contributed by atoms with Gasteiger partial charge in [0.05, 0.1) is 0 Å². The largest absolute Gasteiger partial charge is 0.454 e. The minimum atomic E-state index is -0.483. The molecule has 0 saturated heterocycles. The third-order valence-corrected chi connectivity index (χ3v) is 4.21. The summed E-state index contributed by atoms with van der Waals surface area (Å²) in [6.45, 7) is 2.16. The number of rotatable bonds is 6. The van der Waals surface area contributed by atoms with Crippen LogP contribution in [0.25, 0.3) is 0 Å². The molecule has 2 N–H and O–H groups in total. The monoisotopic (exact) mass is 368 g/mol. The lowest BCUT2D eigenvalue weighted by molar-refractivity contribution is -0.121. The highest BCUT2D eigenvalue weighted by Gasteiger charge is 2.16. The van der Waals surface area contributed by atoms with Crippen LogP contribution in [0.2, 0.25) is 0 Å². The van der Waals surface area contributed by atoms with Crippen molar-refractivity contribution in [1.82, 2.24) is 10.9 Å². The Kier molecular flexibility index (Phi) is 5.71. The van der Waals surface area contributed by atoms with Crippen molar-refractivity contribution in [2.45, 2.75) is 26.2 Å². The zero-order valence-electron chi connectivity index (χ0n) is 14.9. The van der Waals surface area contributed by atoms with E-state index >= 15 is 0 Å². The summed E-state index contributed by atoms with van der Waals surface area (Å²) in [6, 6.07) is 12.1. The molecule has 0 unspecified atom stereocenters. The molecule has 27 heavy (non-hydrogen) atoms. The van der Waals surface area contributed by atoms with E-state index in [0.29, 0.717) is 22.6 Å². The van der Waals surface area contributed by atoms with E-state index in [2.05, 4.69) is 10.9 Å². The van der Waals surface area contributed by atoms with E-state index < -0.39 is 11.8 Å². The number of amides is 2. The van der Waals surface area contributed by atoms with Crippen LogP contribution in [0.5, 0.6) is 11.5 Å². The molecule has 2 amide bonds. The number of fused-ring (bicyclic) bond motifs is 1.